The van der Waals surface area contributed by atoms with E-state index in [0.717, 1.165) is 37.1 Å². The molecule has 0 spiro atoms. The monoisotopic (exact) mass is 325 g/mol. The lowest BCUT2D eigenvalue weighted by molar-refractivity contribution is 0.0926. The van der Waals surface area contributed by atoms with Gasteiger partial charge in [-0.3, -0.25) is 4.79 Å². The van der Waals surface area contributed by atoms with Gasteiger partial charge in [0, 0.05) is 30.9 Å². The molecule has 1 heterocycles. The summed E-state index contributed by atoms with van der Waals surface area (Å²) in [6.45, 7) is 0. The van der Waals surface area contributed by atoms with E-state index in [1.165, 1.54) is 0 Å². The van der Waals surface area contributed by atoms with Gasteiger partial charge in [-0.1, -0.05) is 18.2 Å². The number of benzene rings is 1. The molecule has 6 nitrogen and oxygen atoms in total. The molecular weight excluding hydrogens is 302 g/mol. The highest BCUT2D eigenvalue weighted by atomic mass is 16.1. The van der Waals surface area contributed by atoms with E-state index in [1.54, 1.807) is 6.20 Å². The maximum absolute atomic E-state index is 12.2. The van der Waals surface area contributed by atoms with Crippen LogP contribution < -0.4 is 16.0 Å². The van der Waals surface area contributed by atoms with Crippen LogP contribution in [0.25, 0.3) is 0 Å². The van der Waals surface area contributed by atoms with E-state index in [0.29, 0.717) is 12.0 Å². The van der Waals surface area contributed by atoms with Gasteiger partial charge in [0.05, 0.1) is 0 Å². The number of aromatic nitrogens is 2. The molecule has 3 rings (SSSR count). The van der Waals surface area contributed by atoms with Crippen LogP contribution in [0.1, 0.15) is 36.0 Å². The Morgan fingerprint density at radius 2 is 1.75 bits per heavy atom. The van der Waals surface area contributed by atoms with Gasteiger partial charge < -0.3 is 16.0 Å². The maximum atomic E-state index is 12.2. The second-order valence-corrected chi connectivity index (χ2v) is 6.05. The molecule has 1 amide bonds. The summed E-state index contributed by atoms with van der Waals surface area (Å²) in [5, 5.41) is 9.53. The number of carbonyl (C=O) groups excluding carboxylic acids is 1. The average molecular weight is 325 g/mol. The lowest BCUT2D eigenvalue weighted by Crippen LogP contribution is -2.40. The Bertz CT molecular complexity index is 668. The van der Waals surface area contributed by atoms with Crippen molar-refractivity contribution < 1.29 is 4.79 Å². The molecule has 0 radical (unpaired) electrons. The molecule has 0 unspecified atom stereocenters. The minimum Gasteiger partial charge on any atom is -0.373 e. The van der Waals surface area contributed by atoms with Crippen LogP contribution in [0.2, 0.25) is 0 Å². The third-order valence-electron chi connectivity index (χ3n) is 4.34. The molecule has 0 saturated heterocycles. The van der Waals surface area contributed by atoms with Crippen molar-refractivity contribution in [1.82, 2.24) is 15.3 Å². The molecule has 1 aliphatic carbocycles. The van der Waals surface area contributed by atoms with E-state index in [4.69, 9.17) is 0 Å². The summed E-state index contributed by atoms with van der Waals surface area (Å²) in [4.78, 5) is 20.8. The molecule has 2 aromatic rings. The van der Waals surface area contributed by atoms with Gasteiger partial charge in [0.25, 0.3) is 5.91 Å². The number of nitrogens with zero attached hydrogens (tertiary/aromatic N) is 2. The zero-order valence-electron chi connectivity index (χ0n) is 13.8. The second kappa shape index (κ2) is 7.77. The molecule has 24 heavy (non-hydrogen) atoms. The van der Waals surface area contributed by atoms with Gasteiger partial charge in [0.15, 0.2) is 0 Å². The second-order valence-electron chi connectivity index (χ2n) is 6.05. The summed E-state index contributed by atoms with van der Waals surface area (Å²) in [7, 11) is 1.84. The summed E-state index contributed by atoms with van der Waals surface area (Å²) in [5.41, 5.74) is 0.718. The molecule has 3 N–H and O–H groups in total. The maximum Gasteiger partial charge on any atom is 0.251 e. The summed E-state index contributed by atoms with van der Waals surface area (Å²) < 4.78 is 0. The first-order valence-corrected chi connectivity index (χ1v) is 8.38. The highest BCUT2D eigenvalue weighted by Gasteiger charge is 2.23. The highest BCUT2D eigenvalue weighted by molar-refractivity contribution is 5.94. The Balaban J connectivity index is 1.48. The smallest absolute Gasteiger partial charge is 0.251 e. The minimum absolute atomic E-state index is 0.0112. The third-order valence-corrected chi connectivity index (χ3v) is 4.34. The standard InChI is InChI=1S/C18H23N5O/c1-19-16-11-12-20-18(23-16)22-15-9-7-14(8-10-15)21-17(24)13-5-3-2-4-6-13/h2-6,11-12,14-15H,7-10H2,1H3,(H,21,24)(H2,19,20,22,23). The molecule has 1 fully saturated rings. The zero-order chi connectivity index (χ0) is 16.8. The van der Waals surface area contributed by atoms with E-state index < -0.39 is 0 Å². The van der Waals surface area contributed by atoms with E-state index in [-0.39, 0.29) is 11.9 Å². The van der Waals surface area contributed by atoms with E-state index in [9.17, 15) is 4.79 Å². The zero-order valence-corrected chi connectivity index (χ0v) is 13.8. The molecule has 1 aliphatic rings. The molecule has 0 bridgehead atoms. The van der Waals surface area contributed by atoms with Crippen molar-refractivity contribution in [2.75, 3.05) is 17.7 Å². The van der Waals surface area contributed by atoms with Crippen LogP contribution in [0.4, 0.5) is 11.8 Å². The summed E-state index contributed by atoms with van der Waals surface area (Å²) >= 11 is 0. The quantitative estimate of drug-likeness (QED) is 0.788. The van der Waals surface area contributed by atoms with Gasteiger partial charge in [-0.25, -0.2) is 4.98 Å². The highest BCUT2D eigenvalue weighted by Crippen LogP contribution is 2.21. The van der Waals surface area contributed by atoms with E-state index >= 15 is 0 Å². The lowest BCUT2D eigenvalue weighted by Gasteiger charge is -2.29. The van der Waals surface area contributed by atoms with Crippen molar-refractivity contribution in [3.8, 4) is 0 Å². The average Bonchev–Trinajstić information content (AvgIpc) is 2.64. The van der Waals surface area contributed by atoms with Gasteiger partial charge in [-0.05, 0) is 43.9 Å². The van der Waals surface area contributed by atoms with Crippen LogP contribution in [-0.4, -0.2) is 35.0 Å². The summed E-state index contributed by atoms with van der Waals surface area (Å²) in [6.07, 6.45) is 5.65. The van der Waals surface area contributed by atoms with E-state index in [2.05, 4.69) is 25.9 Å². The minimum atomic E-state index is 0.0112. The fourth-order valence-electron chi connectivity index (χ4n) is 2.99. The number of anilines is 2. The molecule has 6 heteroatoms. The van der Waals surface area contributed by atoms with Gasteiger partial charge in [-0.2, -0.15) is 4.98 Å². The Morgan fingerprint density at radius 1 is 1.04 bits per heavy atom. The van der Waals surface area contributed by atoms with Crippen molar-refractivity contribution in [2.24, 2.45) is 0 Å². The van der Waals surface area contributed by atoms with Crippen molar-refractivity contribution >= 4 is 17.7 Å². The van der Waals surface area contributed by atoms with Crippen LogP contribution in [-0.2, 0) is 0 Å². The van der Waals surface area contributed by atoms with Gasteiger partial charge in [0.1, 0.15) is 5.82 Å². The molecule has 126 valence electrons. The molecule has 1 saturated carbocycles. The summed E-state index contributed by atoms with van der Waals surface area (Å²) in [5.74, 6) is 1.46. The molecule has 1 aromatic heterocycles. The van der Waals surface area contributed by atoms with Crippen LogP contribution in [0.3, 0.4) is 0 Å². The van der Waals surface area contributed by atoms with Crippen LogP contribution in [0, 0.1) is 0 Å². The molecule has 0 aliphatic heterocycles. The van der Waals surface area contributed by atoms with Crippen molar-refractivity contribution in [3.63, 3.8) is 0 Å². The first-order valence-electron chi connectivity index (χ1n) is 8.38. The fraction of sp³-hybridized carbons (Fsp3) is 0.389. The Hall–Kier alpha value is -2.63. The predicted molar refractivity (Wildman–Crippen MR) is 95.2 cm³/mol. The normalized spacial score (nSPS) is 20.2. The first-order chi connectivity index (χ1) is 11.7. The third kappa shape index (κ3) is 4.22. The first kappa shape index (κ1) is 16.2. The fourth-order valence-corrected chi connectivity index (χ4v) is 2.99. The number of hydrogen-bond acceptors (Lipinski definition) is 5. The topological polar surface area (TPSA) is 78.9 Å². The van der Waals surface area contributed by atoms with Crippen LogP contribution in [0.5, 0.6) is 0 Å². The van der Waals surface area contributed by atoms with Crippen molar-refractivity contribution in [1.29, 1.82) is 0 Å². The molecular formula is C18H23N5O. The Morgan fingerprint density at radius 3 is 2.46 bits per heavy atom. The lowest BCUT2D eigenvalue weighted by atomic mass is 9.91. The van der Waals surface area contributed by atoms with Crippen LogP contribution in [0.15, 0.2) is 42.6 Å². The number of hydrogen-bond donors (Lipinski definition) is 3. The van der Waals surface area contributed by atoms with Crippen molar-refractivity contribution in [3.05, 3.63) is 48.2 Å². The number of nitrogens with one attached hydrogen (secondary N) is 3. The van der Waals surface area contributed by atoms with Gasteiger partial charge in [0.2, 0.25) is 5.95 Å². The molecule has 1 aromatic carbocycles. The van der Waals surface area contributed by atoms with Gasteiger partial charge in [-0.15, -0.1) is 0 Å². The SMILES string of the molecule is CNc1ccnc(NC2CCC(NC(=O)c3ccccc3)CC2)n1. The molecule has 0 atom stereocenters. The summed E-state index contributed by atoms with van der Waals surface area (Å²) in [6, 6.07) is 11.8. The number of amides is 1. The van der Waals surface area contributed by atoms with E-state index in [1.807, 2.05) is 43.4 Å². The van der Waals surface area contributed by atoms with Crippen molar-refractivity contribution in [2.45, 2.75) is 37.8 Å². The Labute approximate surface area is 142 Å². The predicted octanol–water partition coefficient (Wildman–Crippen LogP) is 2.67. The van der Waals surface area contributed by atoms with Crippen LogP contribution >= 0.6 is 0 Å². The van der Waals surface area contributed by atoms with Gasteiger partial charge >= 0.3 is 0 Å². The largest absolute Gasteiger partial charge is 0.373 e. The number of rotatable bonds is 5. The Kier molecular flexibility index (Phi) is 5.25. The number of carbonyl (C=O) groups is 1.